The Labute approximate surface area is 115 Å². The van der Waals surface area contributed by atoms with Gasteiger partial charge in [0.2, 0.25) is 0 Å². The maximum absolute atomic E-state index is 10.2. The molecule has 92 valence electrons. The lowest BCUT2D eigenvalue weighted by molar-refractivity contribution is 0.149. The molecule has 2 atom stereocenters. The summed E-state index contributed by atoms with van der Waals surface area (Å²) in [4.78, 5) is 4.25. The Morgan fingerprint density at radius 2 is 2.11 bits per heavy atom. The Morgan fingerprint density at radius 1 is 1.28 bits per heavy atom. The minimum Gasteiger partial charge on any atom is -0.387 e. The van der Waals surface area contributed by atoms with Crippen LogP contribution in [-0.4, -0.2) is 10.1 Å². The zero-order valence-electron chi connectivity index (χ0n) is 9.88. The lowest BCUT2D eigenvalue weighted by atomic mass is 9.74. The first-order chi connectivity index (χ1) is 8.74. The summed E-state index contributed by atoms with van der Waals surface area (Å²) in [6.45, 7) is 0. The Kier molecular flexibility index (Phi) is 3.18. The minimum atomic E-state index is -0.476. The molecular weight excluding hydrogens is 290 g/mol. The molecule has 0 radical (unpaired) electrons. The molecule has 18 heavy (non-hydrogen) atoms. The van der Waals surface area contributed by atoms with Crippen molar-refractivity contribution in [2.24, 2.45) is 0 Å². The fraction of sp³-hybridized carbons (Fsp3) is 0.267. The first-order valence-electron chi connectivity index (χ1n) is 6.11. The number of benzene rings is 1. The summed E-state index contributed by atoms with van der Waals surface area (Å²) >= 11 is 3.35. The van der Waals surface area contributed by atoms with Gasteiger partial charge in [0.05, 0.1) is 11.8 Å². The van der Waals surface area contributed by atoms with Crippen LogP contribution in [0.1, 0.15) is 35.3 Å². The second-order valence-corrected chi connectivity index (χ2v) is 5.67. The minimum absolute atomic E-state index is 0.474. The van der Waals surface area contributed by atoms with Crippen LogP contribution in [0, 0.1) is 0 Å². The molecule has 0 spiro atoms. The maximum Gasteiger partial charge on any atom is 0.0965 e. The average Bonchev–Trinajstić information content (AvgIpc) is 2.36. The van der Waals surface area contributed by atoms with Crippen LogP contribution in [0.25, 0.3) is 0 Å². The lowest BCUT2D eigenvalue weighted by Gasteiger charge is -2.31. The van der Waals surface area contributed by atoms with Crippen molar-refractivity contribution >= 4 is 15.9 Å². The summed E-state index contributed by atoms with van der Waals surface area (Å²) in [5.41, 5.74) is 3.55. The van der Waals surface area contributed by atoms with E-state index in [4.69, 9.17) is 0 Å². The fourth-order valence-electron chi connectivity index (χ4n) is 2.55. The first kappa shape index (κ1) is 11.9. The molecule has 1 heterocycles. The highest BCUT2D eigenvalue weighted by Gasteiger charge is 2.28. The van der Waals surface area contributed by atoms with E-state index in [0.29, 0.717) is 5.92 Å². The molecule has 0 bridgehead atoms. The summed E-state index contributed by atoms with van der Waals surface area (Å²) in [5, 5.41) is 10.2. The van der Waals surface area contributed by atoms with Gasteiger partial charge in [-0.2, -0.15) is 0 Å². The molecular formula is C15H14BrNO. The van der Waals surface area contributed by atoms with Crippen molar-refractivity contribution in [1.82, 2.24) is 4.98 Å². The summed E-state index contributed by atoms with van der Waals surface area (Å²) in [6, 6.07) is 12.2. The van der Waals surface area contributed by atoms with Crippen LogP contribution in [0.5, 0.6) is 0 Å². The predicted octanol–water partition coefficient (Wildman–Crippen LogP) is 3.61. The van der Waals surface area contributed by atoms with Gasteiger partial charge in [-0.3, -0.25) is 4.98 Å². The van der Waals surface area contributed by atoms with Gasteiger partial charge < -0.3 is 5.11 Å². The lowest BCUT2D eigenvalue weighted by Crippen LogP contribution is -2.19. The third kappa shape index (κ3) is 2.20. The van der Waals surface area contributed by atoms with E-state index in [-0.39, 0.29) is 0 Å². The van der Waals surface area contributed by atoms with Crippen LogP contribution in [-0.2, 0) is 6.42 Å². The number of aliphatic hydroxyl groups is 1. The van der Waals surface area contributed by atoms with E-state index in [1.54, 1.807) is 6.20 Å². The molecule has 1 aromatic carbocycles. The van der Waals surface area contributed by atoms with Gasteiger partial charge in [-0.05, 0) is 57.9 Å². The molecule has 0 fully saturated rings. The Bertz CT molecular complexity index is 553. The van der Waals surface area contributed by atoms with Crippen LogP contribution in [0.3, 0.4) is 0 Å². The number of halogens is 1. The second-order valence-electron chi connectivity index (χ2n) is 4.75. The molecule has 0 saturated heterocycles. The Morgan fingerprint density at radius 3 is 2.83 bits per heavy atom. The van der Waals surface area contributed by atoms with Crippen LogP contribution in [0.15, 0.2) is 47.1 Å². The monoisotopic (exact) mass is 303 g/mol. The summed E-state index contributed by atoms with van der Waals surface area (Å²) in [6.07, 6.45) is 3.08. The number of hydrogen-bond acceptors (Lipinski definition) is 2. The van der Waals surface area contributed by atoms with E-state index in [1.165, 1.54) is 11.1 Å². The highest BCUT2D eigenvalue weighted by atomic mass is 79.9. The van der Waals surface area contributed by atoms with Crippen molar-refractivity contribution in [1.29, 1.82) is 0 Å². The first-order valence-corrected chi connectivity index (χ1v) is 6.90. The maximum atomic E-state index is 10.2. The van der Waals surface area contributed by atoms with E-state index in [2.05, 4.69) is 45.2 Å². The molecule has 2 aromatic rings. The van der Waals surface area contributed by atoms with Gasteiger partial charge in [0.25, 0.3) is 0 Å². The van der Waals surface area contributed by atoms with Gasteiger partial charge in [-0.25, -0.2) is 0 Å². The van der Waals surface area contributed by atoms with E-state index in [9.17, 15) is 5.11 Å². The Balaban J connectivity index is 1.70. The molecule has 1 aliphatic rings. The van der Waals surface area contributed by atoms with Gasteiger partial charge in [-0.15, -0.1) is 0 Å². The van der Waals surface area contributed by atoms with Gasteiger partial charge in [0.1, 0.15) is 0 Å². The number of nitrogens with zero attached hydrogens (tertiary/aromatic N) is 1. The Hall–Kier alpha value is -1.19. The number of rotatable bonds is 3. The fourth-order valence-corrected chi connectivity index (χ4v) is 2.78. The van der Waals surface area contributed by atoms with Crippen molar-refractivity contribution in [3.63, 3.8) is 0 Å². The average molecular weight is 304 g/mol. The molecule has 0 amide bonds. The molecule has 1 aliphatic carbocycles. The number of pyridine rings is 1. The highest BCUT2D eigenvalue weighted by molar-refractivity contribution is 9.10. The second kappa shape index (κ2) is 4.82. The number of fused-ring (bicyclic) bond motifs is 1. The normalized spacial score (nSPS) is 18.9. The van der Waals surface area contributed by atoms with Gasteiger partial charge in [0.15, 0.2) is 0 Å². The highest BCUT2D eigenvalue weighted by Crippen LogP contribution is 2.40. The molecule has 1 aromatic heterocycles. The largest absolute Gasteiger partial charge is 0.387 e. The molecule has 0 saturated carbocycles. The van der Waals surface area contributed by atoms with Gasteiger partial charge in [0, 0.05) is 10.7 Å². The summed E-state index contributed by atoms with van der Waals surface area (Å²) < 4.78 is 0.937. The molecule has 3 heteroatoms. The molecule has 1 N–H and O–H groups in total. The number of aromatic nitrogens is 1. The van der Waals surface area contributed by atoms with E-state index in [0.717, 1.165) is 23.0 Å². The SMILES string of the molecule is OC(CC1Cc2ccccc21)c1ccc(Br)cn1. The number of hydrogen-bond donors (Lipinski definition) is 1. The smallest absolute Gasteiger partial charge is 0.0965 e. The van der Waals surface area contributed by atoms with E-state index < -0.39 is 6.10 Å². The van der Waals surface area contributed by atoms with Gasteiger partial charge >= 0.3 is 0 Å². The molecule has 3 rings (SSSR count). The van der Waals surface area contributed by atoms with Crippen molar-refractivity contribution in [3.8, 4) is 0 Å². The molecule has 0 aliphatic heterocycles. The quantitative estimate of drug-likeness (QED) is 0.939. The van der Waals surface area contributed by atoms with Crippen molar-refractivity contribution in [2.75, 3.05) is 0 Å². The predicted molar refractivity (Wildman–Crippen MR) is 74.4 cm³/mol. The third-order valence-corrected chi connectivity index (χ3v) is 4.03. The summed E-state index contributed by atoms with van der Waals surface area (Å²) in [7, 11) is 0. The summed E-state index contributed by atoms with van der Waals surface area (Å²) in [5.74, 6) is 0.474. The zero-order valence-corrected chi connectivity index (χ0v) is 11.5. The van der Waals surface area contributed by atoms with Gasteiger partial charge in [-0.1, -0.05) is 24.3 Å². The van der Waals surface area contributed by atoms with Crippen LogP contribution in [0.2, 0.25) is 0 Å². The van der Waals surface area contributed by atoms with Crippen molar-refractivity contribution < 1.29 is 5.11 Å². The standard InChI is InChI=1S/C15H14BrNO/c16-12-5-6-14(17-9-12)15(18)8-11-7-10-3-1-2-4-13(10)11/h1-6,9,11,15,18H,7-8H2. The van der Waals surface area contributed by atoms with Crippen LogP contribution >= 0.6 is 15.9 Å². The van der Waals surface area contributed by atoms with Crippen molar-refractivity contribution in [2.45, 2.75) is 24.9 Å². The molecule has 2 unspecified atom stereocenters. The van der Waals surface area contributed by atoms with Crippen LogP contribution in [0.4, 0.5) is 0 Å². The third-order valence-electron chi connectivity index (χ3n) is 3.56. The number of aliphatic hydroxyl groups excluding tert-OH is 1. The molecule has 2 nitrogen and oxygen atoms in total. The van der Waals surface area contributed by atoms with Crippen molar-refractivity contribution in [3.05, 3.63) is 63.9 Å². The van der Waals surface area contributed by atoms with E-state index >= 15 is 0 Å². The topological polar surface area (TPSA) is 33.1 Å². The zero-order chi connectivity index (χ0) is 12.5. The van der Waals surface area contributed by atoms with Crippen LogP contribution < -0.4 is 0 Å². The van der Waals surface area contributed by atoms with E-state index in [1.807, 2.05) is 12.1 Å².